The van der Waals surface area contributed by atoms with Gasteiger partial charge in [-0.05, 0) is 31.5 Å². The van der Waals surface area contributed by atoms with E-state index in [1.807, 2.05) is 16.9 Å². The minimum Gasteiger partial charge on any atom is -0.327 e. The number of halogens is 1. The fraction of sp³-hybridized carbons (Fsp3) is 0.412. The molecule has 1 saturated heterocycles. The Morgan fingerprint density at radius 2 is 2.13 bits per heavy atom. The van der Waals surface area contributed by atoms with Crippen LogP contribution < -0.4 is 0 Å². The molecule has 0 amide bonds. The number of hydrogen-bond donors (Lipinski definition) is 0. The number of imidazole rings is 1. The van der Waals surface area contributed by atoms with Gasteiger partial charge in [0.15, 0.2) is 0 Å². The Kier molecular flexibility index (Phi) is 3.41. The molecule has 23 heavy (non-hydrogen) atoms. The van der Waals surface area contributed by atoms with Crippen molar-refractivity contribution in [3.63, 3.8) is 0 Å². The van der Waals surface area contributed by atoms with Crippen LogP contribution >= 0.6 is 0 Å². The molecule has 1 aliphatic heterocycles. The largest absolute Gasteiger partial charge is 0.327 e. The quantitative estimate of drug-likeness (QED) is 0.743. The first-order valence-electron chi connectivity index (χ1n) is 8.02. The molecule has 3 heterocycles. The third kappa shape index (κ3) is 2.53. The lowest BCUT2D eigenvalue weighted by Crippen LogP contribution is -2.47. The third-order valence-corrected chi connectivity index (χ3v) is 4.51. The molecule has 120 valence electrons. The van der Waals surface area contributed by atoms with Crippen LogP contribution in [0.15, 0.2) is 30.6 Å². The van der Waals surface area contributed by atoms with Crippen molar-refractivity contribution in [3.05, 3.63) is 47.8 Å². The van der Waals surface area contributed by atoms with Crippen molar-refractivity contribution in [3.8, 4) is 0 Å². The van der Waals surface area contributed by atoms with E-state index in [9.17, 15) is 4.39 Å². The Labute approximate surface area is 134 Å². The predicted molar refractivity (Wildman–Crippen MR) is 86.6 cm³/mol. The van der Waals surface area contributed by atoms with Crippen LogP contribution in [0, 0.1) is 12.7 Å². The summed E-state index contributed by atoms with van der Waals surface area (Å²) >= 11 is 0. The molecule has 0 saturated carbocycles. The van der Waals surface area contributed by atoms with Gasteiger partial charge < -0.3 is 4.57 Å². The van der Waals surface area contributed by atoms with E-state index >= 15 is 0 Å². The van der Waals surface area contributed by atoms with E-state index in [2.05, 4.69) is 39.6 Å². The van der Waals surface area contributed by atoms with Crippen LogP contribution in [0.25, 0.3) is 11.0 Å². The smallest absolute Gasteiger partial charge is 0.125 e. The van der Waals surface area contributed by atoms with E-state index in [1.54, 1.807) is 0 Å². The van der Waals surface area contributed by atoms with Crippen LogP contribution in [-0.2, 0) is 13.1 Å². The Morgan fingerprint density at radius 1 is 1.30 bits per heavy atom. The van der Waals surface area contributed by atoms with Crippen LogP contribution in [0.2, 0.25) is 0 Å². The molecule has 1 aliphatic rings. The molecule has 5 nitrogen and oxygen atoms in total. The van der Waals surface area contributed by atoms with E-state index in [-0.39, 0.29) is 5.82 Å². The van der Waals surface area contributed by atoms with E-state index in [0.29, 0.717) is 6.04 Å². The molecule has 1 fully saturated rings. The summed E-state index contributed by atoms with van der Waals surface area (Å²) in [5.74, 6) is 0.770. The van der Waals surface area contributed by atoms with Gasteiger partial charge in [-0.2, -0.15) is 5.10 Å². The number of likely N-dealkylation sites (tertiary alicyclic amines) is 1. The van der Waals surface area contributed by atoms with E-state index in [1.165, 1.54) is 17.7 Å². The minimum atomic E-state index is -0.233. The van der Waals surface area contributed by atoms with Crippen molar-refractivity contribution in [1.29, 1.82) is 0 Å². The molecule has 0 radical (unpaired) electrons. The Balaban J connectivity index is 1.50. The number of fused-ring (bicyclic) bond motifs is 1. The number of nitrogens with zero attached hydrogens (tertiary/aromatic N) is 5. The molecule has 0 unspecified atom stereocenters. The lowest BCUT2D eigenvalue weighted by Gasteiger charge is -2.38. The summed E-state index contributed by atoms with van der Waals surface area (Å²) in [6.45, 7) is 7.74. The van der Waals surface area contributed by atoms with Gasteiger partial charge in [0, 0.05) is 31.9 Å². The zero-order chi connectivity index (χ0) is 16.0. The number of rotatable bonds is 4. The summed E-state index contributed by atoms with van der Waals surface area (Å²) in [6.07, 6.45) is 3.99. The minimum absolute atomic E-state index is 0.233. The summed E-state index contributed by atoms with van der Waals surface area (Å²) in [5, 5.41) is 4.38. The lowest BCUT2D eigenvalue weighted by atomic mass is 10.1. The maximum atomic E-state index is 13.4. The van der Waals surface area contributed by atoms with Gasteiger partial charge in [-0.3, -0.25) is 9.58 Å². The molecule has 1 aromatic carbocycles. The van der Waals surface area contributed by atoms with Crippen molar-refractivity contribution < 1.29 is 4.39 Å². The second-order valence-electron chi connectivity index (χ2n) is 6.25. The average Bonchev–Trinajstić information content (AvgIpc) is 3.04. The second-order valence-corrected chi connectivity index (χ2v) is 6.25. The van der Waals surface area contributed by atoms with Crippen LogP contribution in [0.1, 0.15) is 24.4 Å². The number of hydrogen-bond acceptors (Lipinski definition) is 3. The molecule has 0 spiro atoms. The van der Waals surface area contributed by atoms with E-state index in [0.717, 1.165) is 43.0 Å². The fourth-order valence-electron chi connectivity index (χ4n) is 3.30. The summed E-state index contributed by atoms with van der Waals surface area (Å²) in [4.78, 5) is 6.98. The first kappa shape index (κ1) is 14.4. The van der Waals surface area contributed by atoms with Gasteiger partial charge in [-0.25, -0.2) is 9.37 Å². The van der Waals surface area contributed by atoms with Crippen LogP contribution in [-0.4, -0.2) is 37.3 Å². The van der Waals surface area contributed by atoms with Crippen LogP contribution in [0.5, 0.6) is 0 Å². The molecule has 6 heteroatoms. The van der Waals surface area contributed by atoms with Gasteiger partial charge in [0.25, 0.3) is 0 Å². The Morgan fingerprint density at radius 3 is 2.83 bits per heavy atom. The number of aryl methyl sites for hydroxylation is 2. The van der Waals surface area contributed by atoms with Gasteiger partial charge >= 0.3 is 0 Å². The highest BCUT2D eigenvalue weighted by atomic mass is 19.1. The van der Waals surface area contributed by atoms with Gasteiger partial charge in [0.2, 0.25) is 0 Å². The third-order valence-electron chi connectivity index (χ3n) is 4.51. The maximum Gasteiger partial charge on any atom is 0.125 e. The molecule has 2 aromatic heterocycles. The highest BCUT2D eigenvalue weighted by molar-refractivity contribution is 5.76. The summed E-state index contributed by atoms with van der Waals surface area (Å²) in [5.41, 5.74) is 2.93. The molecular formula is C17H20FN5. The topological polar surface area (TPSA) is 38.9 Å². The van der Waals surface area contributed by atoms with Gasteiger partial charge in [-0.15, -0.1) is 0 Å². The second kappa shape index (κ2) is 5.45. The molecule has 0 aliphatic carbocycles. The SMILES string of the molecule is CCn1c(CN2CC(n3cc(C)cn3)C2)nc2cc(F)ccc21. The molecule has 3 aromatic rings. The highest BCUT2D eigenvalue weighted by Crippen LogP contribution is 2.25. The van der Waals surface area contributed by atoms with E-state index < -0.39 is 0 Å². The van der Waals surface area contributed by atoms with E-state index in [4.69, 9.17) is 0 Å². The number of benzene rings is 1. The van der Waals surface area contributed by atoms with Gasteiger partial charge in [0.1, 0.15) is 11.6 Å². The lowest BCUT2D eigenvalue weighted by molar-refractivity contribution is 0.0870. The normalized spacial score (nSPS) is 16.1. The standard InChI is InChI=1S/C17H20FN5/c1-3-22-16-5-4-13(18)6-15(16)20-17(22)11-21-9-14(10-21)23-8-12(2)7-19-23/h4-8,14H,3,9-11H2,1-2H3. The van der Waals surface area contributed by atoms with Crippen molar-refractivity contribution in [2.75, 3.05) is 13.1 Å². The average molecular weight is 313 g/mol. The Hall–Kier alpha value is -2.21. The first-order valence-corrected chi connectivity index (χ1v) is 8.02. The molecule has 4 rings (SSSR count). The highest BCUT2D eigenvalue weighted by Gasteiger charge is 2.29. The predicted octanol–water partition coefficient (Wildman–Crippen LogP) is 2.76. The first-order chi connectivity index (χ1) is 11.1. The summed E-state index contributed by atoms with van der Waals surface area (Å²) in [7, 11) is 0. The van der Waals surface area contributed by atoms with Crippen LogP contribution in [0.3, 0.4) is 0 Å². The van der Waals surface area contributed by atoms with Crippen molar-refractivity contribution in [1.82, 2.24) is 24.2 Å². The van der Waals surface area contributed by atoms with Crippen molar-refractivity contribution in [2.45, 2.75) is 33.0 Å². The Bertz CT molecular complexity index is 844. The molecular weight excluding hydrogens is 293 g/mol. The summed E-state index contributed by atoms with van der Waals surface area (Å²) in [6, 6.07) is 5.27. The zero-order valence-electron chi connectivity index (χ0n) is 13.4. The summed E-state index contributed by atoms with van der Waals surface area (Å²) < 4.78 is 17.6. The monoisotopic (exact) mass is 313 g/mol. The van der Waals surface area contributed by atoms with Gasteiger partial charge in [-0.1, -0.05) is 0 Å². The number of aromatic nitrogens is 4. The molecule has 0 bridgehead atoms. The zero-order valence-corrected chi connectivity index (χ0v) is 13.4. The molecule has 0 N–H and O–H groups in total. The van der Waals surface area contributed by atoms with Gasteiger partial charge in [0.05, 0.1) is 29.8 Å². The van der Waals surface area contributed by atoms with Crippen molar-refractivity contribution >= 4 is 11.0 Å². The maximum absolute atomic E-state index is 13.4. The van der Waals surface area contributed by atoms with Crippen LogP contribution in [0.4, 0.5) is 4.39 Å². The fourth-order valence-corrected chi connectivity index (χ4v) is 3.30. The van der Waals surface area contributed by atoms with Crippen molar-refractivity contribution in [2.24, 2.45) is 0 Å². The molecule has 0 atom stereocenters.